The molecule has 0 atom stereocenters. The molecule has 1 heterocycles. The van der Waals surface area contributed by atoms with Crippen molar-refractivity contribution in [3.05, 3.63) is 23.8 Å². The van der Waals surface area contributed by atoms with Crippen molar-refractivity contribution in [1.29, 1.82) is 0 Å². The second kappa shape index (κ2) is 5.19. The van der Waals surface area contributed by atoms with Crippen molar-refractivity contribution in [3.8, 4) is 0 Å². The minimum absolute atomic E-state index is 0.0519. The first-order valence-corrected chi connectivity index (χ1v) is 6.82. The lowest BCUT2D eigenvalue weighted by Crippen LogP contribution is -2.26. The maximum atomic E-state index is 13.2. The maximum Gasteiger partial charge on any atom is 0.418 e. The van der Waals surface area contributed by atoms with E-state index in [1.54, 1.807) is 0 Å². The molecular weight excluding hydrogens is 301 g/mol. The zero-order valence-corrected chi connectivity index (χ0v) is 11.4. The van der Waals surface area contributed by atoms with E-state index in [2.05, 4.69) is 10.1 Å². The van der Waals surface area contributed by atoms with Gasteiger partial charge in [-0.15, -0.1) is 0 Å². The van der Waals surface area contributed by atoms with Gasteiger partial charge in [-0.2, -0.15) is 13.2 Å². The second-order valence-electron chi connectivity index (χ2n) is 5.26. The summed E-state index contributed by atoms with van der Waals surface area (Å²) in [6.45, 7) is 0.117. The minimum atomic E-state index is -4.64. The molecule has 2 fully saturated rings. The van der Waals surface area contributed by atoms with Gasteiger partial charge in [0.25, 0.3) is 0 Å². The van der Waals surface area contributed by atoms with Crippen molar-refractivity contribution in [3.63, 3.8) is 0 Å². The number of nitrogens with one attached hydrogen (secondary N) is 1. The minimum Gasteiger partial charge on any atom is -0.447 e. The molecule has 1 saturated heterocycles. The predicted molar refractivity (Wildman–Crippen MR) is 71.5 cm³/mol. The van der Waals surface area contributed by atoms with Gasteiger partial charge < -0.3 is 10.1 Å². The molecule has 0 aromatic heterocycles. The van der Waals surface area contributed by atoms with Crippen LogP contribution in [0.5, 0.6) is 0 Å². The average Bonchev–Trinajstić information content (AvgIpc) is 3.21. The predicted octanol–water partition coefficient (Wildman–Crippen LogP) is 3.01. The molecule has 3 rings (SSSR count). The molecule has 1 aliphatic carbocycles. The summed E-state index contributed by atoms with van der Waals surface area (Å²) in [5.41, 5.74) is -1.17. The summed E-state index contributed by atoms with van der Waals surface area (Å²) in [7, 11) is 0. The third kappa shape index (κ3) is 2.86. The van der Waals surface area contributed by atoms with Gasteiger partial charge in [0.05, 0.1) is 17.8 Å². The lowest BCUT2D eigenvalue weighted by molar-refractivity contribution is -0.137. The fraction of sp³-hybridized carbons (Fsp3) is 0.429. The zero-order chi connectivity index (χ0) is 15.9. The number of cyclic esters (lactones) is 1. The van der Waals surface area contributed by atoms with Crippen molar-refractivity contribution >= 4 is 23.4 Å². The van der Waals surface area contributed by atoms with E-state index < -0.39 is 17.8 Å². The van der Waals surface area contributed by atoms with Crippen LogP contribution in [0.1, 0.15) is 18.4 Å². The fourth-order valence-corrected chi connectivity index (χ4v) is 2.28. The monoisotopic (exact) mass is 314 g/mol. The van der Waals surface area contributed by atoms with E-state index >= 15 is 0 Å². The van der Waals surface area contributed by atoms with Gasteiger partial charge in [-0.05, 0) is 31.0 Å². The van der Waals surface area contributed by atoms with Crippen molar-refractivity contribution in [2.45, 2.75) is 19.0 Å². The van der Waals surface area contributed by atoms with E-state index in [0.29, 0.717) is 0 Å². The Morgan fingerprint density at radius 1 is 1.32 bits per heavy atom. The van der Waals surface area contributed by atoms with E-state index in [4.69, 9.17) is 0 Å². The van der Waals surface area contributed by atoms with Gasteiger partial charge in [-0.1, -0.05) is 0 Å². The zero-order valence-electron chi connectivity index (χ0n) is 11.4. The Morgan fingerprint density at radius 3 is 2.59 bits per heavy atom. The Morgan fingerprint density at radius 2 is 2.05 bits per heavy atom. The molecule has 118 valence electrons. The summed E-state index contributed by atoms with van der Waals surface area (Å²) < 4.78 is 44.3. The van der Waals surface area contributed by atoms with Gasteiger partial charge >= 0.3 is 12.3 Å². The summed E-state index contributed by atoms with van der Waals surface area (Å²) in [6.07, 6.45) is -3.93. The molecule has 2 aliphatic rings. The molecule has 0 bridgehead atoms. The van der Waals surface area contributed by atoms with E-state index in [1.165, 1.54) is 12.1 Å². The number of halogens is 3. The number of benzene rings is 1. The third-order valence-electron chi connectivity index (χ3n) is 3.57. The number of rotatable bonds is 3. The molecule has 0 radical (unpaired) electrons. The van der Waals surface area contributed by atoms with Gasteiger partial charge in [0, 0.05) is 11.6 Å². The van der Waals surface area contributed by atoms with Crippen molar-refractivity contribution in [2.75, 3.05) is 23.4 Å². The maximum absolute atomic E-state index is 13.2. The molecule has 1 aromatic rings. The third-order valence-corrected chi connectivity index (χ3v) is 3.57. The Kier molecular flexibility index (Phi) is 3.46. The van der Waals surface area contributed by atoms with Gasteiger partial charge in [0.1, 0.15) is 6.61 Å². The van der Waals surface area contributed by atoms with Gasteiger partial charge in [0.15, 0.2) is 0 Å². The first-order valence-electron chi connectivity index (χ1n) is 6.82. The normalized spacial score (nSPS) is 18.3. The van der Waals surface area contributed by atoms with Crippen LogP contribution in [-0.4, -0.2) is 25.2 Å². The summed E-state index contributed by atoms with van der Waals surface area (Å²) >= 11 is 0. The number of amides is 2. The highest BCUT2D eigenvalue weighted by molar-refractivity contribution is 5.95. The van der Waals surface area contributed by atoms with Crippen LogP contribution in [0.4, 0.5) is 29.3 Å². The van der Waals surface area contributed by atoms with Crippen LogP contribution < -0.4 is 10.2 Å². The van der Waals surface area contributed by atoms with Gasteiger partial charge in [0.2, 0.25) is 5.91 Å². The quantitative estimate of drug-likeness (QED) is 0.933. The molecule has 1 aromatic carbocycles. The van der Waals surface area contributed by atoms with Crippen LogP contribution >= 0.6 is 0 Å². The summed E-state index contributed by atoms with van der Waals surface area (Å²) in [5, 5.41) is 2.47. The number of hydrogen-bond acceptors (Lipinski definition) is 3. The lowest BCUT2D eigenvalue weighted by atomic mass is 10.1. The van der Waals surface area contributed by atoms with Crippen molar-refractivity contribution in [2.24, 2.45) is 5.92 Å². The van der Waals surface area contributed by atoms with Crippen molar-refractivity contribution < 1.29 is 27.5 Å². The number of hydrogen-bond donors (Lipinski definition) is 1. The van der Waals surface area contributed by atoms with Gasteiger partial charge in [-0.3, -0.25) is 9.69 Å². The van der Waals surface area contributed by atoms with E-state index in [1.807, 2.05) is 0 Å². The van der Waals surface area contributed by atoms with E-state index in [0.717, 1.165) is 23.8 Å². The van der Waals surface area contributed by atoms with Crippen LogP contribution in [0.2, 0.25) is 0 Å². The van der Waals surface area contributed by atoms with Crippen LogP contribution in [0, 0.1) is 5.92 Å². The number of anilines is 2. The average molecular weight is 314 g/mol. The largest absolute Gasteiger partial charge is 0.447 e. The highest BCUT2D eigenvalue weighted by Gasteiger charge is 2.38. The number of carbonyl (C=O) groups excluding carboxylic acids is 2. The van der Waals surface area contributed by atoms with Gasteiger partial charge in [-0.25, -0.2) is 4.79 Å². The van der Waals surface area contributed by atoms with E-state index in [9.17, 15) is 22.8 Å². The summed E-state index contributed by atoms with van der Waals surface area (Å²) in [5.74, 6) is -0.385. The molecule has 5 nitrogen and oxygen atoms in total. The van der Waals surface area contributed by atoms with Crippen LogP contribution in [-0.2, 0) is 15.7 Å². The number of nitrogens with zero attached hydrogens (tertiary/aromatic N) is 1. The van der Waals surface area contributed by atoms with E-state index in [-0.39, 0.29) is 36.4 Å². The SMILES string of the molecule is O=C(Nc1ccc(N2CCOC2=O)c(C(F)(F)F)c1)C1CC1. The first-order chi connectivity index (χ1) is 10.4. The highest BCUT2D eigenvalue weighted by atomic mass is 19.4. The number of ether oxygens (including phenoxy) is 1. The van der Waals surface area contributed by atoms with Crippen molar-refractivity contribution in [1.82, 2.24) is 0 Å². The molecule has 22 heavy (non-hydrogen) atoms. The number of alkyl halides is 3. The molecule has 0 spiro atoms. The molecule has 1 N–H and O–H groups in total. The molecule has 8 heteroatoms. The summed E-state index contributed by atoms with van der Waals surface area (Å²) in [6, 6.07) is 3.38. The topological polar surface area (TPSA) is 58.6 Å². The Balaban J connectivity index is 1.92. The molecular formula is C14H13F3N2O3. The molecule has 1 aliphatic heterocycles. The first kappa shape index (κ1) is 14.7. The Labute approximate surface area is 124 Å². The lowest BCUT2D eigenvalue weighted by Gasteiger charge is -2.20. The van der Waals surface area contributed by atoms with Crippen LogP contribution in [0.3, 0.4) is 0 Å². The summed E-state index contributed by atoms with van der Waals surface area (Å²) in [4.78, 5) is 24.1. The Hall–Kier alpha value is -2.25. The Bertz CT molecular complexity index is 626. The van der Waals surface area contributed by atoms with Crippen LogP contribution in [0.15, 0.2) is 18.2 Å². The highest BCUT2D eigenvalue weighted by Crippen LogP contribution is 2.39. The molecule has 1 saturated carbocycles. The standard InChI is InChI=1S/C14H13F3N2O3/c15-14(16,17)10-7-9(18-12(20)8-1-2-8)3-4-11(10)19-5-6-22-13(19)21/h3-4,7-8H,1-2,5-6H2,(H,18,20). The smallest absolute Gasteiger partial charge is 0.418 e. The number of carbonyl (C=O) groups is 2. The van der Waals surface area contributed by atoms with Crippen LogP contribution in [0.25, 0.3) is 0 Å². The molecule has 0 unspecified atom stereocenters. The fourth-order valence-electron chi connectivity index (χ4n) is 2.28. The second-order valence-corrected chi connectivity index (χ2v) is 5.26. The molecule has 2 amide bonds.